The van der Waals surface area contributed by atoms with Gasteiger partial charge in [-0.25, -0.2) is 8.42 Å². The number of benzene rings is 2. The highest BCUT2D eigenvalue weighted by Crippen LogP contribution is 2.27. The molecule has 1 atom stereocenters. The van der Waals surface area contributed by atoms with E-state index >= 15 is 0 Å². The van der Waals surface area contributed by atoms with Crippen molar-refractivity contribution in [2.75, 3.05) is 25.5 Å². The normalized spacial score (nSPS) is 16.8. The van der Waals surface area contributed by atoms with Crippen LogP contribution in [-0.4, -0.2) is 50.8 Å². The molecule has 0 aromatic heterocycles. The Morgan fingerprint density at radius 2 is 1.90 bits per heavy atom. The standard InChI is InChI=1S/C20H22ClN3O5S/c1-29-17-7-9-18(10-8-17)30(27,28)24-11-3-6-16(24)13-22-19(25)20(26)23-15-5-2-4-14(21)12-15/h2,4-5,7-10,12,16H,3,6,11,13H2,1H3,(H,22,25)(H,23,26)/t16-/m0/s1. The summed E-state index contributed by atoms with van der Waals surface area (Å²) in [5.74, 6) is -1.13. The fraction of sp³-hybridized carbons (Fsp3) is 0.300. The van der Waals surface area contributed by atoms with Gasteiger partial charge < -0.3 is 15.4 Å². The average molecular weight is 452 g/mol. The lowest BCUT2D eigenvalue weighted by atomic mass is 10.2. The summed E-state index contributed by atoms with van der Waals surface area (Å²) in [4.78, 5) is 24.4. The van der Waals surface area contributed by atoms with Crippen LogP contribution in [0.15, 0.2) is 53.4 Å². The Hall–Kier alpha value is -2.62. The molecule has 0 saturated carbocycles. The summed E-state index contributed by atoms with van der Waals surface area (Å²) in [7, 11) is -2.22. The smallest absolute Gasteiger partial charge is 0.313 e. The fourth-order valence-corrected chi connectivity index (χ4v) is 5.14. The van der Waals surface area contributed by atoms with E-state index < -0.39 is 27.9 Å². The monoisotopic (exact) mass is 451 g/mol. The number of nitrogens with zero attached hydrogens (tertiary/aromatic N) is 1. The Morgan fingerprint density at radius 3 is 2.57 bits per heavy atom. The van der Waals surface area contributed by atoms with Crippen molar-refractivity contribution in [3.63, 3.8) is 0 Å². The summed E-state index contributed by atoms with van der Waals surface area (Å²) in [5.41, 5.74) is 0.396. The largest absolute Gasteiger partial charge is 0.497 e. The van der Waals surface area contributed by atoms with Gasteiger partial charge in [-0.2, -0.15) is 4.31 Å². The molecule has 10 heteroatoms. The second-order valence-corrected chi connectivity index (χ2v) is 9.09. The second kappa shape index (κ2) is 9.46. The number of rotatable bonds is 6. The highest BCUT2D eigenvalue weighted by Gasteiger charge is 2.35. The van der Waals surface area contributed by atoms with Gasteiger partial charge in [-0.3, -0.25) is 9.59 Å². The van der Waals surface area contributed by atoms with E-state index in [0.717, 1.165) is 0 Å². The molecule has 2 aromatic carbocycles. The molecule has 1 aliphatic rings. The van der Waals surface area contributed by atoms with Gasteiger partial charge in [0, 0.05) is 29.8 Å². The molecule has 3 rings (SSSR count). The minimum atomic E-state index is -3.72. The molecule has 2 aromatic rings. The van der Waals surface area contributed by atoms with Gasteiger partial charge in [0.25, 0.3) is 0 Å². The molecule has 0 radical (unpaired) electrons. The molecule has 30 heavy (non-hydrogen) atoms. The molecule has 1 heterocycles. The van der Waals surface area contributed by atoms with Crippen molar-refractivity contribution in [2.45, 2.75) is 23.8 Å². The van der Waals surface area contributed by atoms with Crippen molar-refractivity contribution >= 4 is 39.1 Å². The first-order valence-electron chi connectivity index (χ1n) is 9.32. The van der Waals surface area contributed by atoms with Gasteiger partial charge in [0.15, 0.2) is 0 Å². The van der Waals surface area contributed by atoms with Crippen LogP contribution in [0.25, 0.3) is 0 Å². The highest BCUT2D eigenvalue weighted by molar-refractivity contribution is 7.89. The lowest BCUT2D eigenvalue weighted by Gasteiger charge is -2.24. The van der Waals surface area contributed by atoms with Crippen LogP contribution >= 0.6 is 11.6 Å². The van der Waals surface area contributed by atoms with Crippen LogP contribution in [0.1, 0.15) is 12.8 Å². The van der Waals surface area contributed by atoms with Crippen LogP contribution in [0.3, 0.4) is 0 Å². The Morgan fingerprint density at radius 1 is 1.17 bits per heavy atom. The summed E-state index contributed by atoms with van der Waals surface area (Å²) >= 11 is 5.86. The highest BCUT2D eigenvalue weighted by atomic mass is 35.5. The molecule has 0 unspecified atom stereocenters. The van der Waals surface area contributed by atoms with E-state index in [1.165, 1.54) is 29.6 Å². The molecule has 1 aliphatic heterocycles. The van der Waals surface area contributed by atoms with E-state index in [1.54, 1.807) is 30.3 Å². The summed E-state index contributed by atoms with van der Waals surface area (Å²) in [6.45, 7) is 0.390. The van der Waals surface area contributed by atoms with Gasteiger partial charge in [0.1, 0.15) is 5.75 Å². The third kappa shape index (κ3) is 5.10. The first-order valence-corrected chi connectivity index (χ1v) is 11.1. The number of hydrogen-bond donors (Lipinski definition) is 2. The molecule has 1 saturated heterocycles. The van der Waals surface area contributed by atoms with Gasteiger partial charge in [-0.15, -0.1) is 0 Å². The van der Waals surface area contributed by atoms with Gasteiger partial charge in [0.2, 0.25) is 10.0 Å². The zero-order valence-corrected chi connectivity index (χ0v) is 17.9. The van der Waals surface area contributed by atoms with E-state index in [-0.39, 0.29) is 11.4 Å². The maximum Gasteiger partial charge on any atom is 0.313 e. The topological polar surface area (TPSA) is 105 Å². The van der Waals surface area contributed by atoms with Crippen LogP contribution in [0.2, 0.25) is 5.02 Å². The van der Waals surface area contributed by atoms with Gasteiger partial charge in [-0.05, 0) is 55.3 Å². The molecule has 160 valence electrons. The molecular formula is C20H22ClN3O5S. The zero-order chi connectivity index (χ0) is 21.7. The number of carbonyl (C=O) groups is 2. The Labute approximate surface area is 180 Å². The second-order valence-electron chi connectivity index (χ2n) is 6.76. The van der Waals surface area contributed by atoms with Crippen molar-refractivity contribution < 1.29 is 22.7 Å². The zero-order valence-electron chi connectivity index (χ0n) is 16.3. The minimum Gasteiger partial charge on any atom is -0.497 e. The summed E-state index contributed by atoms with van der Waals surface area (Å²) < 4.78 is 32.4. The first kappa shape index (κ1) is 22.1. The van der Waals surface area contributed by atoms with E-state index in [9.17, 15) is 18.0 Å². The maximum atomic E-state index is 13.0. The number of sulfonamides is 1. The van der Waals surface area contributed by atoms with Crippen molar-refractivity contribution in [1.82, 2.24) is 9.62 Å². The Balaban J connectivity index is 1.61. The number of ether oxygens (including phenoxy) is 1. The summed E-state index contributed by atoms with van der Waals surface area (Å²) in [6, 6.07) is 12.1. The summed E-state index contributed by atoms with van der Waals surface area (Å²) in [5, 5.41) is 5.41. The van der Waals surface area contributed by atoms with E-state index in [1.807, 2.05) is 0 Å². The van der Waals surface area contributed by atoms with Crippen molar-refractivity contribution in [2.24, 2.45) is 0 Å². The number of carbonyl (C=O) groups excluding carboxylic acids is 2. The Bertz CT molecular complexity index is 1030. The molecule has 2 amide bonds. The fourth-order valence-electron chi connectivity index (χ4n) is 3.26. The van der Waals surface area contributed by atoms with E-state index in [0.29, 0.717) is 35.8 Å². The van der Waals surface area contributed by atoms with Gasteiger partial charge in [-0.1, -0.05) is 17.7 Å². The van der Waals surface area contributed by atoms with Crippen LogP contribution < -0.4 is 15.4 Å². The molecular weight excluding hydrogens is 430 g/mol. The van der Waals surface area contributed by atoms with E-state index in [4.69, 9.17) is 16.3 Å². The van der Waals surface area contributed by atoms with Crippen LogP contribution in [0.4, 0.5) is 5.69 Å². The van der Waals surface area contributed by atoms with Gasteiger partial charge in [0.05, 0.1) is 12.0 Å². The van der Waals surface area contributed by atoms with Crippen LogP contribution in [0, 0.1) is 0 Å². The minimum absolute atomic E-state index is 0.0389. The molecule has 8 nitrogen and oxygen atoms in total. The molecule has 1 fully saturated rings. The van der Waals surface area contributed by atoms with E-state index in [2.05, 4.69) is 10.6 Å². The third-order valence-electron chi connectivity index (χ3n) is 4.78. The maximum absolute atomic E-state index is 13.0. The lowest BCUT2D eigenvalue weighted by Crippen LogP contribution is -2.45. The van der Waals surface area contributed by atoms with Crippen molar-refractivity contribution in [1.29, 1.82) is 0 Å². The average Bonchev–Trinajstić information content (AvgIpc) is 3.21. The molecule has 2 N–H and O–H groups in total. The van der Waals surface area contributed by atoms with Gasteiger partial charge >= 0.3 is 11.8 Å². The predicted octanol–water partition coefficient (Wildman–Crippen LogP) is 2.26. The Kier molecular flexibility index (Phi) is 6.96. The number of methoxy groups -OCH3 is 1. The number of halogens is 1. The third-order valence-corrected chi connectivity index (χ3v) is 6.98. The van der Waals surface area contributed by atoms with Crippen LogP contribution in [-0.2, 0) is 19.6 Å². The lowest BCUT2D eigenvalue weighted by molar-refractivity contribution is -0.136. The number of nitrogens with one attached hydrogen (secondary N) is 2. The SMILES string of the molecule is COc1ccc(S(=O)(=O)N2CCC[C@H]2CNC(=O)C(=O)Nc2cccc(Cl)c2)cc1. The number of amides is 2. The van der Waals surface area contributed by atoms with Crippen molar-refractivity contribution in [3.05, 3.63) is 53.6 Å². The molecule has 0 spiro atoms. The molecule has 0 aliphatic carbocycles. The predicted molar refractivity (Wildman–Crippen MR) is 113 cm³/mol. The summed E-state index contributed by atoms with van der Waals surface area (Å²) in [6.07, 6.45) is 1.26. The first-order chi connectivity index (χ1) is 14.3. The number of hydrogen-bond acceptors (Lipinski definition) is 5. The quantitative estimate of drug-likeness (QED) is 0.655. The van der Waals surface area contributed by atoms with Crippen molar-refractivity contribution in [3.8, 4) is 5.75 Å². The molecule has 0 bridgehead atoms. The van der Waals surface area contributed by atoms with Crippen LogP contribution in [0.5, 0.6) is 5.75 Å². The number of anilines is 1.